The molecule has 7 aliphatic rings. The van der Waals surface area contributed by atoms with Crippen LogP contribution in [0.2, 0.25) is 0 Å². The van der Waals surface area contributed by atoms with E-state index in [-0.39, 0.29) is 61.0 Å². The Morgan fingerprint density at radius 2 is 1.61 bits per heavy atom. The smallest absolute Gasteiger partial charge is 0.316 e. The molecular weight excluding hydrogens is 827 g/mol. The molecule has 15 nitrogen and oxygen atoms in total. The van der Waals surface area contributed by atoms with Crippen molar-refractivity contribution in [3.8, 4) is 0 Å². The van der Waals surface area contributed by atoms with Crippen LogP contribution in [-0.4, -0.2) is 140 Å². The molecule has 1 spiro atoms. The third-order valence-electron chi connectivity index (χ3n) is 14.4. The predicted octanol–water partition coefficient (Wildman–Crippen LogP) is 5.13. The second kappa shape index (κ2) is 20.2. The molecule has 6 heterocycles. The van der Waals surface area contributed by atoms with Gasteiger partial charge in [-0.1, -0.05) is 64.2 Å². The quantitative estimate of drug-likeness (QED) is 0.216. The lowest BCUT2D eigenvalue weighted by Crippen LogP contribution is -2.58. The molecule has 0 aromatic carbocycles. The maximum absolute atomic E-state index is 14.3. The summed E-state index contributed by atoms with van der Waals surface area (Å²) in [6, 6.07) is -0.314. The molecule has 1 aliphatic carbocycles. The third-order valence-corrected chi connectivity index (χ3v) is 14.4. The van der Waals surface area contributed by atoms with Crippen molar-refractivity contribution in [2.75, 3.05) is 20.8 Å². The van der Waals surface area contributed by atoms with Crippen LogP contribution in [0.5, 0.6) is 0 Å². The molecule has 15 heteroatoms. The van der Waals surface area contributed by atoms with E-state index in [0.29, 0.717) is 36.8 Å². The van der Waals surface area contributed by atoms with Crippen LogP contribution >= 0.6 is 0 Å². The Hall–Kier alpha value is -2.80. The zero-order valence-corrected chi connectivity index (χ0v) is 39.5. The number of nitrogens with one attached hydrogen (secondary N) is 1. The van der Waals surface area contributed by atoms with Gasteiger partial charge < -0.3 is 62.9 Å². The van der Waals surface area contributed by atoms with Crippen LogP contribution in [0.25, 0.3) is 0 Å². The lowest BCUT2D eigenvalue weighted by Gasteiger charge is -2.48. The van der Waals surface area contributed by atoms with Gasteiger partial charge >= 0.3 is 5.97 Å². The Bertz CT molecular complexity index is 1830. The van der Waals surface area contributed by atoms with E-state index in [1.807, 2.05) is 39.0 Å². The van der Waals surface area contributed by atoms with E-state index in [9.17, 15) is 19.8 Å². The van der Waals surface area contributed by atoms with Gasteiger partial charge in [0.1, 0.15) is 35.9 Å². The molecule has 1 amide bonds. The molecular formula is C49H73NO14. The molecule has 7 rings (SSSR count). The summed E-state index contributed by atoms with van der Waals surface area (Å²) in [4.78, 5) is 26.2. The van der Waals surface area contributed by atoms with Crippen LogP contribution < -0.4 is 5.32 Å². The molecule has 2 bridgehead atoms. The third kappa shape index (κ3) is 10.2. The first kappa shape index (κ1) is 49.1. The number of carbonyl (C=O) groups is 2. The van der Waals surface area contributed by atoms with Crippen LogP contribution in [0, 0.1) is 23.7 Å². The molecule has 64 heavy (non-hydrogen) atoms. The van der Waals surface area contributed by atoms with E-state index in [1.165, 1.54) is 6.92 Å². The van der Waals surface area contributed by atoms with Gasteiger partial charge in [0.05, 0.1) is 55.4 Å². The van der Waals surface area contributed by atoms with Crippen LogP contribution in [0.1, 0.15) is 94.4 Å². The standard InChI is InChI=1S/C49H73NO14/c1-25(2)43-28(5)17-18-48(64-43)23-35-20-34(63-48)16-15-27(4)44(26(3)13-12-14-33-24-57-46-42(52)29(6)19-36(47(53)60-35)49(33,46)54)61-40-22-38(56-11)45(31(8)59-40)62-39-21-37(55-10)41(30(7)58-39)50-32(9)51/h12-15,17-19,25-26,28,30-31,34-46,52,54H,16,20-24H2,1-11H3,(H,50,51)/b13-12+,27-15+,33-14+/t26-,28-,30-,31-,34+,35-,36-,37-,38-,39-,40-,41-,42+,43+,44-,45-,46+,48?,49+/m0/s1. The number of aliphatic hydroxyl groups excluding tert-OH is 1. The average molecular weight is 900 g/mol. The van der Waals surface area contributed by atoms with Gasteiger partial charge in [-0.25, -0.2) is 0 Å². The molecule has 0 aromatic heterocycles. The van der Waals surface area contributed by atoms with Crippen molar-refractivity contribution in [1.29, 1.82) is 0 Å². The predicted molar refractivity (Wildman–Crippen MR) is 234 cm³/mol. The first-order valence-corrected chi connectivity index (χ1v) is 23.3. The molecule has 0 aromatic rings. The summed E-state index contributed by atoms with van der Waals surface area (Å²) in [6.07, 6.45) is 8.46. The Labute approximate surface area is 378 Å². The largest absolute Gasteiger partial charge is 0.462 e. The normalized spacial score (nSPS) is 47.4. The van der Waals surface area contributed by atoms with Crippen LogP contribution in [-0.2, 0) is 57.0 Å². The van der Waals surface area contributed by atoms with Gasteiger partial charge in [-0.3, -0.25) is 9.59 Å². The number of ether oxygens (including phenoxy) is 10. The minimum absolute atomic E-state index is 0.0266. The maximum Gasteiger partial charge on any atom is 0.316 e. The first-order valence-electron chi connectivity index (χ1n) is 23.3. The van der Waals surface area contributed by atoms with E-state index < -0.39 is 84.7 Å². The van der Waals surface area contributed by atoms with Gasteiger partial charge in [0.25, 0.3) is 0 Å². The Balaban J connectivity index is 1.16. The first-order chi connectivity index (χ1) is 30.4. The summed E-state index contributed by atoms with van der Waals surface area (Å²) in [5, 5.41) is 26.7. The summed E-state index contributed by atoms with van der Waals surface area (Å²) in [5.74, 6) is -2.81. The van der Waals surface area contributed by atoms with E-state index in [1.54, 1.807) is 33.3 Å². The number of aliphatic hydroxyl groups is 2. The highest BCUT2D eigenvalue weighted by molar-refractivity contribution is 5.78. The van der Waals surface area contributed by atoms with Crippen molar-refractivity contribution >= 4 is 11.9 Å². The number of fused-ring (bicyclic) bond motifs is 2. The van der Waals surface area contributed by atoms with Gasteiger partial charge in [0.15, 0.2) is 18.4 Å². The summed E-state index contributed by atoms with van der Waals surface area (Å²) in [7, 11) is 3.27. The lowest BCUT2D eigenvalue weighted by atomic mass is 9.71. The fraction of sp³-hybridized carbons (Fsp3) is 0.755. The van der Waals surface area contributed by atoms with Gasteiger partial charge in [0.2, 0.25) is 5.91 Å². The van der Waals surface area contributed by atoms with Crippen LogP contribution in [0.3, 0.4) is 0 Å². The highest BCUT2D eigenvalue weighted by Crippen LogP contribution is 2.47. The van der Waals surface area contributed by atoms with Gasteiger partial charge in [-0.2, -0.15) is 0 Å². The lowest BCUT2D eigenvalue weighted by molar-refractivity contribution is -0.311. The summed E-state index contributed by atoms with van der Waals surface area (Å²) in [5.41, 5.74) is 0.112. The zero-order chi connectivity index (χ0) is 46.2. The zero-order valence-electron chi connectivity index (χ0n) is 39.5. The average Bonchev–Trinajstić information content (AvgIpc) is 3.58. The molecule has 1 unspecified atom stereocenters. The fourth-order valence-corrected chi connectivity index (χ4v) is 10.9. The topological polar surface area (TPSA) is 179 Å². The number of amides is 1. The molecule has 0 saturated carbocycles. The molecule has 3 N–H and O–H groups in total. The van der Waals surface area contributed by atoms with Gasteiger partial charge in [-0.15, -0.1) is 0 Å². The Morgan fingerprint density at radius 3 is 2.31 bits per heavy atom. The Kier molecular flexibility index (Phi) is 15.5. The number of methoxy groups -OCH3 is 2. The van der Waals surface area contributed by atoms with Crippen molar-refractivity contribution in [1.82, 2.24) is 5.32 Å². The number of hydrogen-bond acceptors (Lipinski definition) is 14. The second-order valence-corrected chi connectivity index (χ2v) is 19.5. The molecule has 358 valence electrons. The number of allylic oxidation sites excluding steroid dienone is 2. The van der Waals surface area contributed by atoms with Crippen molar-refractivity contribution in [2.24, 2.45) is 23.7 Å². The van der Waals surface area contributed by atoms with Crippen LogP contribution in [0.15, 0.2) is 59.3 Å². The fourth-order valence-electron chi connectivity index (χ4n) is 10.9. The Morgan fingerprint density at radius 1 is 0.906 bits per heavy atom. The number of carbonyl (C=O) groups excluding carboxylic acids is 2. The number of hydrogen-bond donors (Lipinski definition) is 3. The molecule has 19 atom stereocenters. The second-order valence-electron chi connectivity index (χ2n) is 19.5. The SMILES string of the molecule is CO[C@H]1C[C@H](O[C@H]2[C@H](C)O[C@@H](O[C@@H]3/C(C)=C/C[C@@H]4C[C@@H](CC5(C=C[C@H](C)[C@@H](C(C)C)O5)O4)OC(=O)[C@@H]4C=C(C)[C@@H](O)[C@H]5OC/C(=C\C=C\[C@@H]3C)[C@]54O)C[C@@H]2OC)O[C@@H](C)[C@@H]1NC(C)=O. The van der Waals surface area contributed by atoms with E-state index >= 15 is 0 Å². The van der Waals surface area contributed by atoms with Gasteiger partial charge in [0, 0.05) is 58.7 Å². The van der Waals surface area contributed by atoms with E-state index in [4.69, 9.17) is 47.4 Å². The summed E-state index contributed by atoms with van der Waals surface area (Å²) in [6.45, 7) is 17.5. The molecule has 6 aliphatic heterocycles. The highest BCUT2D eigenvalue weighted by atomic mass is 16.7. The van der Waals surface area contributed by atoms with Crippen LogP contribution in [0.4, 0.5) is 0 Å². The van der Waals surface area contributed by atoms with Crippen molar-refractivity contribution in [2.45, 2.75) is 192 Å². The van der Waals surface area contributed by atoms with E-state index in [2.05, 4.69) is 45.2 Å². The highest BCUT2D eigenvalue weighted by Gasteiger charge is 2.60. The molecule has 4 fully saturated rings. The maximum atomic E-state index is 14.3. The minimum atomic E-state index is -1.84. The van der Waals surface area contributed by atoms with Crippen molar-refractivity contribution < 1.29 is 67.2 Å². The number of rotatable bonds is 8. The van der Waals surface area contributed by atoms with Crippen molar-refractivity contribution in [3.05, 3.63) is 59.3 Å². The molecule has 0 radical (unpaired) electrons. The van der Waals surface area contributed by atoms with E-state index in [0.717, 1.165) is 5.57 Å². The molecule has 4 saturated heterocycles. The van der Waals surface area contributed by atoms with Crippen molar-refractivity contribution in [3.63, 3.8) is 0 Å². The minimum Gasteiger partial charge on any atom is -0.462 e. The monoisotopic (exact) mass is 900 g/mol. The van der Waals surface area contributed by atoms with Gasteiger partial charge in [-0.05, 0) is 62.8 Å². The summed E-state index contributed by atoms with van der Waals surface area (Å²) >= 11 is 0. The summed E-state index contributed by atoms with van der Waals surface area (Å²) < 4.78 is 64.2. The number of esters is 1.